The average Bonchev–Trinajstić information content (AvgIpc) is 2.59. The Labute approximate surface area is 149 Å². The molecule has 0 spiro atoms. The second-order valence-corrected chi connectivity index (χ2v) is 6.42. The first-order chi connectivity index (χ1) is 11.9. The highest BCUT2D eigenvalue weighted by molar-refractivity contribution is 5.98. The molecule has 2 aromatic rings. The van der Waals surface area contributed by atoms with E-state index in [1.54, 1.807) is 0 Å². The van der Waals surface area contributed by atoms with Crippen molar-refractivity contribution in [2.24, 2.45) is 5.92 Å². The van der Waals surface area contributed by atoms with Crippen LogP contribution in [-0.2, 0) is 9.59 Å². The van der Waals surface area contributed by atoms with Gasteiger partial charge in [0.25, 0.3) is 0 Å². The summed E-state index contributed by atoms with van der Waals surface area (Å²) >= 11 is 0. The molecule has 0 aromatic heterocycles. The summed E-state index contributed by atoms with van der Waals surface area (Å²) in [5.41, 5.74) is 3.30. The molecule has 0 aliphatic rings. The van der Waals surface area contributed by atoms with Gasteiger partial charge >= 0.3 is 0 Å². The molecule has 2 atom stereocenters. The summed E-state index contributed by atoms with van der Waals surface area (Å²) in [6.07, 6.45) is 0.915. The van der Waals surface area contributed by atoms with Gasteiger partial charge in [0.15, 0.2) is 0 Å². The molecule has 0 aliphatic carbocycles. The van der Waals surface area contributed by atoms with E-state index in [0.717, 1.165) is 23.2 Å². The molecule has 2 N–H and O–H groups in total. The third kappa shape index (κ3) is 4.69. The summed E-state index contributed by atoms with van der Waals surface area (Å²) in [7, 11) is 0. The van der Waals surface area contributed by atoms with Crippen LogP contribution in [0.4, 0.5) is 11.4 Å². The van der Waals surface area contributed by atoms with Crippen LogP contribution < -0.4 is 10.6 Å². The first kappa shape index (κ1) is 18.7. The van der Waals surface area contributed by atoms with E-state index < -0.39 is 0 Å². The second kappa shape index (κ2) is 8.47. The summed E-state index contributed by atoms with van der Waals surface area (Å²) in [5.74, 6) is -0.145. The molecule has 0 aliphatic heterocycles. The van der Waals surface area contributed by atoms with Crippen molar-refractivity contribution >= 4 is 23.2 Å². The van der Waals surface area contributed by atoms with Gasteiger partial charge in [-0.25, -0.2) is 0 Å². The van der Waals surface area contributed by atoms with E-state index in [9.17, 15) is 9.59 Å². The molecule has 2 rings (SSSR count). The summed E-state index contributed by atoms with van der Waals surface area (Å²) in [6, 6.07) is 15.4. The van der Waals surface area contributed by atoms with Gasteiger partial charge in [-0.2, -0.15) is 0 Å². The van der Waals surface area contributed by atoms with E-state index in [2.05, 4.69) is 24.5 Å². The molecule has 25 heavy (non-hydrogen) atoms. The van der Waals surface area contributed by atoms with Gasteiger partial charge in [0.2, 0.25) is 11.8 Å². The summed E-state index contributed by atoms with van der Waals surface area (Å²) < 4.78 is 0. The number of benzene rings is 2. The van der Waals surface area contributed by atoms with Crippen molar-refractivity contribution in [3.8, 4) is 0 Å². The molecule has 132 valence electrons. The molecule has 4 heteroatoms. The first-order valence-corrected chi connectivity index (χ1v) is 8.67. The van der Waals surface area contributed by atoms with E-state index in [4.69, 9.17) is 0 Å². The first-order valence-electron chi connectivity index (χ1n) is 8.67. The molecule has 4 nitrogen and oxygen atoms in total. The Bertz CT molecular complexity index is 741. The Morgan fingerprint density at radius 1 is 0.960 bits per heavy atom. The van der Waals surface area contributed by atoms with Gasteiger partial charge in [-0.3, -0.25) is 9.59 Å². The topological polar surface area (TPSA) is 58.2 Å². The quantitative estimate of drug-likeness (QED) is 0.800. The van der Waals surface area contributed by atoms with Crippen LogP contribution in [0.2, 0.25) is 0 Å². The van der Waals surface area contributed by atoms with Crippen LogP contribution in [0.3, 0.4) is 0 Å². The standard InChI is InChI=1S/C21H26N2O2/c1-5-14(2)20(17-10-7-6-8-11-17)21(25)23-19-13-9-12-18(15(19)3)22-16(4)24/h6-14,20H,5H2,1-4H3,(H,22,24)(H,23,25). The van der Waals surface area contributed by atoms with Crippen molar-refractivity contribution in [3.63, 3.8) is 0 Å². The normalized spacial score (nSPS) is 13.0. The molecule has 2 unspecified atom stereocenters. The van der Waals surface area contributed by atoms with Crippen molar-refractivity contribution in [1.82, 2.24) is 0 Å². The van der Waals surface area contributed by atoms with E-state index in [1.165, 1.54) is 6.92 Å². The number of anilines is 2. The van der Waals surface area contributed by atoms with Crippen molar-refractivity contribution in [1.29, 1.82) is 0 Å². The molecular weight excluding hydrogens is 312 g/mol. The summed E-state index contributed by atoms with van der Waals surface area (Å²) in [6.45, 7) is 7.55. The van der Waals surface area contributed by atoms with Gasteiger partial charge in [0.1, 0.15) is 0 Å². The van der Waals surface area contributed by atoms with Crippen molar-refractivity contribution in [2.45, 2.75) is 40.0 Å². The van der Waals surface area contributed by atoms with E-state index >= 15 is 0 Å². The van der Waals surface area contributed by atoms with Crippen LogP contribution in [0.5, 0.6) is 0 Å². The summed E-state index contributed by atoms with van der Waals surface area (Å²) in [5, 5.41) is 5.84. The molecule has 0 radical (unpaired) electrons. The maximum Gasteiger partial charge on any atom is 0.232 e. The highest BCUT2D eigenvalue weighted by Crippen LogP contribution is 2.30. The Balaban J connectivity index is 2.28. The fraction of sp³-hybridized carbons (Fsp3) is 0.333. The van der Waals surface area contributed by atoms with Crippen LogP contribution in [-0.4, -0.2) is 11.8 Å². The monoisotopic (exact) mass is 338 g/mol. The predicted molar refractivity (Wildman–Crippen MR) is 103 cm³/mol. The molecule has 0 heterocycles. The maximum absolute atomic E-state index is 13.0. The number of rotatable bonds is 6. The van der Waals surface area contributed by atoms with E-state index in [-0.39, 0.29) is 23.7 Å². The number of amides is 2. The number of nitrogens with one attached hydrogen (secondary N) is 2. The Kier molecular flexibility index (Phi) is 6.34. The number of carbonyl (C=O) groups is 2. The second-order valence-electron chi connectivity index (χ2n) is 6.42. The maximum atomic E-state index is 13.0. The largest absolute Gasteiger partial charge is 0.326 e. The number of carbonyl (C=O) groups excluding carboxylic acids is 2. The Hall–Kier alpha value is -2.62. The molecule has 2 amide bonds. The SMILES string of the molecule is CCC(C)C(C(=O)Nc1cccc(NC(C)=O)c1C)c1ccccc1. The summed E-state index contributed by atoms with van der Waals surface area (Å²) in [4.78, 5) is 24.3. The highest BCUT2D eigenvalue weighted by Gasteiger charge is 2.26. The molecule has 0 fully saturated rings. The zero-order valence-electron chi connectivity index (χ0n) is 15.3. The lowest BCUT2D eigenvalue weighted by Crippen LogP contribution is -2.26. The Morgan fingerprint density at radius 3 is 2.12 bits per heavy atom. The van der Waals surface area contributed by atoms with Gasteiger partial charge in [0, 0.05) is 18.3 Å². The molecular formula is C21H26N2O2. The minimum absolute atomic E-state index is 0.0244. The fourth-order valence-electron chi connectivity index (χ4n) is 2.94. The lowest BCUT2D eigenvalue weighted by Gasteiger charge is -2.23. The molecule has 0 saturated heterocycles. The van der Waals surface area contributed by atoms with E-state index in [1.807, 2.05) is 55.5 Å². The van der Waals surface area contributed by atoms with Crippen LogP contribution in [0.1, 0.15) is 44.2 Å². The zero-order valence-corrected chi connectivity index (χ0v) is 15.3. The predicted octanol–water partition coefficient (Wildman–Crippen LogP) is 4.72. The van der Waals surface area contributed by atoms with Crippen LogP contribution in [0, 0.1) is 12.8 Å². The number of hydrogen-bond acceptors (Lipinski definition) is 2. The third-order valence-corrected chi connectivity index (χ3v) is 4.56. The van der Waals surface area contributed by atoms with Gasteiger partial charge in [0.05, 0.1) is 5.92 Å². The van der Waals surface area contributed by atoms with Crippen LogP contribution in [0.15, 0.2) is 48.5 Å². The van der Waals surface area contributed by atoms with Crippen molar-refractivity contribution in [3.05, 3.63) is 59.7 Å². The third-order valence-electron chi connectivity index (χ3n) is 4.56. The molecule has 0 saturated carbocycles. The lowest BCUT2D eigenvalue weighted by molar-refractivity contribution is -0.118. The fourth-order valence-corrected chi connectivity index (χ4v) is 2.94. The highest BCUT2D eigenvalue weighted by atomic mass is 16.2. The van der Waals surface area contributed by atoms with Gasteiger partial charge in [-0.15, -0.1) is 0 Å². The lowest BCUT2D eigenvalue weighted by atomic mass is 9.85. The van der Waals surface area contributed by atoms with Crippen molar-refractivity contribution in [2.75, 3.05) is 10.6 Å². The molecule has 0 bridgehead atoms. The van der Waals surface area contributed by atoms with Crippen LogP contribution in [0.25, 0.3) is 0 Å². The number of hydrogen-bond donors (Lipinski definition) is 2. The van der Waals surface area contributed by atoms with Gasteiger partial charge in [-0.1, -0.05) is 56.7 Å². The van der Waals surface area contributed by atoms with E-state index in [0.29, 0.717) is 5.69 Å². The smallest absolute Gasteiger partial charge is 0.232 e. The average molecular weight is 338 g/mol. The van der Waals surface area contributed by atoms with Crippen LogP contribution >= 0.6 is 0 Å². The minimum Gasteiger partial charge on any atom is -0.326 e. The molecule has 2 aromatic carbocycles. The Morgan fingerprint density at radius 2 is 1.56 bits per heavy atom. The minimum atomic E-state index is -0.213. The van der Waals surface area contributed by atoms with Crippen molar-refractivity contribution < 1.29 is 9.59 Å². The van der Waals surface area contributed by atoms with Gasteiger partial charge in [-0.05, 0) is 36.1 Å². The van der Waals surface area contributed by atoms with Gasteiger partial charge < -0.3 is 10.6 Å². The zero-order chi connectivity index (χ0) is 18.4.